The SMILES string of the molecule is C[C@@H](Oc1ccc2ccccc2c1)C(=O)NNC(=O)c1ccc(Br)o1. The van der Waals surface area contributed by atoms with E-state index in [9.17, 15) is 9.59 Å². The third kappa shape index (κ3) is 4.19. The Kier molecular flexibility index (Phi) is 5.04. The predicted octanol–water partition coefficient (Wildman–Crippen LogP) is 3.42. The summed E-state index contributed by atoms with van der Waals surface area (Å²) in [4.78, 5) is 23.9. The van der Waals surface area contributed by atoms with E-state index in [4.69, 9.17) is 9.15 Å². The number of amides is 2. The van der Waals surface area contributed by atoms with Crippen molar-refractivity contribution < 1.29 is 18.7 Å². The zero-order valence-corrected chi connectivity index (χ0v) is 14.9. The third-order valence-corrected chi connectivity index (χ3v) is 3.93. The number of carbonyl (C=O) groups is 2. The second-order valence-corrected chi connectivity index (χ2v) is 6.10. The summed E-state index contributed by atoms with van der Waals surface area (Å²) in [5.74, 6) is -0.387. The van der Waals surface area contributed by atoms with Gasteiger partial charge in [0.05, 0.1) is 0 Å². The maximum atomic E-state index is 12.1. The van der Waals surface area contributed by atoms with Crippen molar-refractivity contribution in [1.29, 1.82) is 0 Å². The van der Waals surface area contributed by atoms with Crippen molar-refractivity contribution in [3.05, 3.63) is 65.0 Å². The fourth-order valence-electron chi connectivity index (χ4n) is 2.22. The van der Waals surface area contributed by atoms with Crippen molar-refractivity contribution in [2.45, 2.75) is 13.0 Å². The number of furan rings is 1. The van der Waals surface area contributed by atoms with Crippen LogP contribution in [-0.2, 0) is 4.79 Å². The molecule has 6 nitrogen and oxygen atoms in total. The molecule has 0 spiro atoms. The molecule has 0 fully saturated rings. The van der Waals surface area contributed by atoms with Gasteiger partial charge >= 0.3 is 5.91 Å². The summed E-state index contributed by atoms with van der Waals surface area (Å²) in [5.41, 5.74) is 4.58. The summed E-state index contributed by atoms with van der Waals surface area (Å²) in [6, 6.07) is 16.5. The van der Waals surface area contributed by atoms with Crippen LogP contribution in [0.1, 0.15) is 17.5 Å². The van der Waals surface area contributed by atoms with E-state index in [1.54, 1.807) is 19.1 Å². The lowest BCUT2D eigenvalue weighted by Crippen LogP contribution is -2.47. The number of nitrogens with one attached hydrogen (secondary N) is 2. The van der Waals surface area contributed by atoms with E-state index in [0.29, 0.717) is 10.4 Å². The second-order valence-electron chi connectivity index (χ2n) is 5.32. The fourth-order valence-corrected chi connectivity index (χ4v) is 2.52. The maximum Gasteiger partial charge on any atom is 0.305 e. The molecule has 0 unspecified atom stereocenters. The molecule has 3 aromatic rings. The number of hydrazine groups is 1. The van der Waals surface area contributed by atoms with Crippen LogP contribution >= 0.6 is 15.9 Å². The van der Waals surface area contributed by atoms with Gasteiger partial charge in [0, 0.05) is 0 Å². The van der Waals surface area contributed by atoms with Crippen molar-refractivity contribution >= 4 is 38.5 Å². The van der Waals surface area contributed by atoms with E-state index in [1.165, 1.54) is 6.07 Å². The molecule has 25 heavy (non-hydrogen) atoms. The first kappa shape index (κ1) is 17.0. The maximum absolute atomic E-state index is 12.1. The van der Waals surface area contributed by atoms with Crippen LogP contribution in [0.25, 0.3) is 10.8 Å². The standard InChI is InChI=1S/C18H15BrN2O4/c1-11(17(22)20-21-18(23)15-8-9-16(19)25-15)24-14-7-6-12-4-2-3-5-13(12)10-14/h2-11H,1H3,(H,20,22)(H,21,23)/t11-/m1/s1. The molecule has 0 bridgehead atoms. The molecule has 0 radical (unpaired) electrons. The van der Waals surface area contributed by atoms with Gasteiger partial charge in [-0.1, -0.05) is 30.3 Å². The number of ether oxygens (including phenoxy) is 1. The van der Waals surface area contributed by atoms with Gasteiger partial charge in [-0.3, -0.25) is 20.4 Å². The minimum atomic E-state index is -0.787. The molecule has 0 saturated carbocycles. The molecule has 7 heteroatoms. The molecule has 0 aliphatic rings. The highest BCUT2D eigenvalue weighted by atomic mass is 79.9. The average Bonchev–Trinajstić information content (AvgIpc) is 3.05. The first-order valence-corrected chi connectivity index (χ1v) is 8.33. The molecule has 0 aliphatic carbocycles. The minimum absolute atomic E-state index is 0.0790. The summed E-state index contributed by atoms with van der Waals surface area (Å²) < 4.78 is 11.2. The molecular formula is C18H15BrN2O4. The van der Waals surface area contributed by atoms with Gasteiger partial charge in [-0.05, 0) is 57.9 Å². The lowest BCUT2D eigenvalue weighted by molar-refractivity contribution is -0.128. The van der Waals surface area contributed by atoms with Crippen LogP contribution in [-0.4, -0.2) is 17.9 Å². The predicted molar refractivity (Wildman–Crippen MR) is 96.1 cm³/mol. The number of carbonyl (C=O) groups excluding carboxylic acids is 2. The largest absolute Gasteiger partial charge is 0.481 e. The number of hydrogen-bond acceptors (Lipinski definition) is 4. The highest BCUT2D eigenvalue weighted by Crippen LogP contribution is 2.21. The molecule has 1 atom stereocenters. The topological polar surface area (TPSA) is 80.6 Å². The highest BCUT2D eigenvalue weighted by molar-refractivity contribution is 9.10. The molecule has 1 aromatic heterocycles. The van der Waals surface area contributed by atoms with Gasteiger partial charge in [0.15, 0.2) is 16.5 Å². The van der Waals surface area contributed by atoms with Crippen molar-refractivity contribution in [2.75, 3.05) is 0 Å². The Morgan fingerprint density at radius 3 is 2.52 bits per heavy atom. The van der Waals surface area contributed by atoms with E-state index in [0.717, 1.165) is 10.8 Å². The molecule has 1 heterocycles. The molecule has 128 valence electrons. The molecular weight excluding hydrogens is 388 g/mol. The second kappa shape index (κ2) is 7.40. The molecule has 2 amide bonds. The number of rotatable bonds is 4. The summed E-state index contributed by atoms with van der Waals surface area (Å²) in [6.45, 7) is 1.60. The van der Waals surface area contributed by atoms with Crippen LogP contribution in [0.15, 0.2) is 63.7 Å². The number of fused-ring (bicyclic) bond motifs is 1. The molecule has 2 aromatic carbocycles. The Morgan fingerprint density at radius 1 is 1.04 bits per heavy atom. The number of hydrogen-bond donors (Lipinski definition) is 2. The van der Waals surface area contributed by atoms with Gasteiger partial charge in [-0.2, -0.15) is 0 Å². The molecule has 0 saturated heterocycles. The molecule has 0 aliphatic heterocycles. The Bertz CT molecular complexity index is 922. The van der Waals surface area contributed by atoms with Gasteiger partial charge in [-0.25, -0.2) is 0 Å². The Labute approximate surface area is 152 Å². The van der Waals surface area contributed by atoms with Crippen LogP contribution in [0.5, 0.6) is 5.75 Å². The van der Waals surface area contributed by atoms with Crippen molar-refractivity contribution in [3.63, 3.8) is 0 Å². The molecule has 2 N–H and O–H groups in total. The smallest absolute Gasteiger partial charge is 0.305 e. The van der Waals surface area contributed by atoms with Crippen LogP contribution in [0, 0.1) is 0 Å². The van der Waals surface area contributed by atoms with E-state index >= 15 is 0 Å². The van der Waals surface area contributed by atoms with Crippen LogP contribution in [0.4, 0.5) is 0 Å². The Balaban J connectivity index is 1.57. The van der Waals surface area contributed by atoms with Crippen molar-refractivity contribution in [3.8, 4) is 5.75 Å². The first-order valence-electron chi connectivity index (χ1n) is 7.54. The lowest BCUT2D eigenvalue weighted by atomic mass is 10.1. The number of halogens is 1. The zero-order chi connectivity index (χ0) is 17.8. The van der Waals surface area contributed by atoms with E-state index in [-0.39, 0.29) is 5.76 Å². The Morgan fingerprint density at radius 2 is 1.80 bits per heavy atom. The van der Waals surface area contributed by atoms with E-state index in [1.807, 2.05) is 36.4 Å². The van der Waals surface area contributed by atoms with Crippen molar-refractivity contribution in [2.24, 2.45) is 0 Å². The van der Waals surface area contributed by atoms with Gasteiger partial charge < -0.3 is 9.15 Å². The van der Waals surface area contributed by atoms with Crippen molar-refractivity contribution in [1.82, 2.24) is 10.9 Å². The van der Waals surface area contributed by atoms with E-state index < -0.39 is 17.9 Å². The average molecular weight is 403 g/mol. The number of benzene rings is 2. The van der Waals surface area contributed by atoms with Gasteiger partial charge in [0.25, 0.3) is 5.91 Å². The van der Waals surface area contributed by atoms with Gasteiger partial charge in [-0.15, -0.1) is 0 Å². The minimum Gasteiger partial charge on any atom is -0.481 e. The lowest BCUT2D eigenvalue weighted by Gasteiger charge is -2.15. The summed E-state index contributed by atoms with van der Waals surface area (Å²) in [5, 5.41) is 2.10. The zero-order valence-electron chi connectivity index (χ0n) is 13.3. The van der Waals surface area contributed by atoms with Gasteiger partial charge in [0.1, 0.15) is 5.75 Å². The monoisotopic (exact) mass is 402 g/mol. The van der Waals surface area contributed by atoms with Crippen LogP contribution < -0.4 is 15.6 Å². The normalized spacial score (nSPS) is 11.8. The summed E-state index contributed by atoms with van der Waals surface area (Å²) in [6.07, 6.45) is -0.787. The molecule has 3 rings (SSSR count). The fraction of sp³-hybridized carbons (Fsp3) is 0.111. The quantitative estimate of drug-likeness (QED) is 0.655. The highest BCUT2D eigenvalue weighted by Gasteiger charge is 2.17. The third-order valence-electron chi connectivity index (χ3n) is 3.50. The summed E-state index contributed by atoms with van der Waals surface area (Å²) in [7, 11) is 0. The van der Waals surface area contributed by atoms with E-state index in [2.05, 4.69) is 26.8 Å². The van der Waals surface area contributed by atoms with Crippen LogP contribution in [0.3, 0.4) is 0 Å². The van der Waals surface area contributed by atoms with Crippen LogP contribution in [0.2, 0.25) is 0 Å². The van der Waals surface area contributed by atoms with Gasteiger partial charge in [0.2, 0.25) is 0 Å². The first-order chi connectivity index (χ1) is 12.0. The Hall–Kier alpha value is -2.80. The summed E-state index contributed by atoms with van der Waals surface area (Å²) >= 11 is 3.10.